The molecule has 1 aliphatic carbocycles. The summed E-state index contributed by atoms with van der Waals surface area (Å²) in [5.41, 5.74) is 2.84. The van der Waals surface area contributed by atoms with Crippen LogP contribution in [0, 0.1) is 11.7 Å². The first-order chi connectivity index (χ1) is 14.6. The van der Waals surface area contributed by atoms with Crippen molar-refractivity contribution < 1.29 is 9.13 Å². The second-order valence-corrected chi connectivity index (χ2v) is 8.58. The molecule has 1 fully saturated rings. The molecule has 1 saturated carbocycles. The maximum absolute atomic E-state index is 13.4. The summed E-state index contributed by atoms with van der Waals surface area (Å²) in [6.07, 6.45) is 4.43. The van der Waals surface area contributed by atoms with Crippen LogP contribution >= 0.6 is 11.6 Å². The Kier molecular flexibility index (Phi) is 5.07. The average Bonchev–Trinajstić information content (AvgIpc) is 3.09. The molecule has 30 heavy (non-hydrogen) atoms. The van der Waals surface area contributed by atoms with Crippen molar-refractivity contribution in [1.82, 2.24) is 14.8 Å². The molecule has 1 aliphatic rings. The number of pyridine rings is 1. The third kappa shape index (κ3) is 3.63. The minimum absolute atomic E-state index is 0.221. The molecule has 4 nitrogen and oxygen atoms in total. The summed E-state index contributed by atoms with van der Waals surface area (Å²) < 4.78 is 21.0. The van der Waals surface area contributed by atoms with Crippen LogP contribution in [0.5, 0.6) is 5.88 Å². The van der Waals surface area contributed by atoms with Crippen LogP contribution in [0.2, 0.25) is 5.02 Å². The van der Waals surface area contributed by atoms with Gasteiger partial charge in [-0.15, -0.1) is 0 Å². The van der Waals surface area contributed by atoms with Crippen molar-refractivity contribution >= 4 is 33.4 Å². The standard InChI is InChI=1S/C24H23ClFN3O/c1-30-24-20-9-7-18(25)13-23(20)28-29(24)14-15-2-4-16(5-3-15)21-10-6-17-12-19(26)8-11-22(17)27-21/h6-13,15-16H,2-5,14H2,1H3. The average molecular weight is 424 g/mol. The molecule has 6 heteroatoms. The van der Waals surface area contributed by atoms with Crippen molar-refractivity contribution in [3.8, 4) is 5.88 Å². The van der Waals surface area contributed by atoms with Gasteiger partial charge in [-0.1, -0.05) is 17.7 Å². The maximum atomic E-state index is 13.4. The van der Waals surface area contributed by atoms with Crippen molar-refractivity contribution in [2.24, 2.45) is 5.92 Å². The van der Waals surface area contributed by atoms with Crippen molar-refractivity contribution in [3.63, 3.8) is 0 Å². The van der Waals surface area contributed by atoms with E-state index >= 15 is 0 Å². The van der Waals surface area contributed by atoms with Gasteiger partial charge in [0.25, 0.3) is 0 Å². The largest absolute Gasteiger partial charge is 0.481 e. The van der Waals surface area contributed by atoms with Crippen LogP contribution in [0.15, 0.2) is 48.5 Å². The second-order valence-electron chi connectivity index (χ2n) is 8.14. The van der Waals surface area contributed by atoms with E-state index in [1.54, 1.807) is 13.2 Å². The van der Waals surface area contributed by atoms with E-state index in [0.717, 1.165) is 65.6 Å². The number of hydrogen-bond acceptors (Lipinski definition) is 3. The predicted octanol–water partition coefficient (Wildman–Crippen LogP) is 6.36. The molecule has 0 spiro atoms. The zero-order valence-electron chi connectivity index (χ0n) is 16.8. The summed E-state index contributed by atoms with van der Waals surface area (Å²) in [4.78, 5) is 4.80. The predicted molar refractivity (Wildman–Crippen MR) is 118 cm³/mol. The topological polar surface area (TPSA) is 39.9 Å². The van der Waals surface area contributed by atoms with Crippen LogP contribution in [-0.2, 0) is 6.54 Å². The van der Waals surface area contributed by atoms with Gasteiger partial charge in [-0.2, -0.15) is 5.10 Å². The Labute approximate surface area is 179 Å². The number of aromatic nitrogens is 3. The summed E-state index contributed by atoms with van der Waals surface area (Å²) in [7, 11) is 1.69. The first-order valence-corrected chi connectivity index (χ1v) is 10.7. The number of ether oxygens (including phenoxy) is 1. The molecule has 0 unspecified atom stereocenters. The van der Waals surface area contributed by atoms with Gasteiger partial charge in [0, 0.05) is 28.6 Å². The fourth-order valence-electron chi connectivity index (χ4n) is 4.65. The van der Waals surface area contributed by atoms with Crippen LogP contribution in [0.3, 0.4) is 0 Å². The molecule has 0 N–H and O–H groups in total. The van der Waals surface area contributed by atoms with E-state index in [-0.39, 0.29) is 5.82 Å². The summed E-state index contributed by atoms with van der Waals surface area (Å²) >= 11 is 6.12. The highest BCUT2D eigenvalue weighted by Gasteiger charge is 2.25. The van der Waals surface area contributed by atoms with Crippen molar-refractivity contribution in [3.05, 3.63) is 65.1 Å². The number of fused-ring (bicyclic) bond motifs is 2. The Morgan fingerprint density at radius 1 is 1.03 bits per heavy atom. The molecule has 5 rings (SSSR count). The van der Waals surface area contributed by atoms with Gasteiger partial charge < -0.3 is 4.74 Å². The number of hydrogen-bond donors (Lipinski definition) is 0. The highest BCUT2D eigenvalue weighted by Crippen LogP contribution is 2.37. The van der Waals surface area contributed by atoms with Gasteiger partial charge >= 0.3 is 0 Å². The van der Waals surface area contributed by atoms with E-state index in [4.69, 9.17) is 26.4 Å². The number of methoxy groups -OCH3 is 1. The summed E-state index contributed by atoms with van der Waals surface area (Å²) in [6.45, 7) is 0.840. The molecular weight excluding hydrogens is 401 g/mol. The van der Waals surface area contributed by atoms with E-state index in [2.05, 4.69) is 6.07 Å². The number of rotatable bonds is 4. The zero-order chi connectivity index (χ0) is 20.7. The van der Waals surface area contributed by atoms with Gasteiger partial charge in [0.05, 0.1) is 23.5 Å². The van der Waals surface area contributed by atoms with Gasteiger partial charge in [0.2, 0.25) is 5.88 Å². The highest BCUT2D eigenvalue weighted by molar-refractivity contribution is 6.31. The van der Waals surface area contributed by atoms with E-state index in [9.17, 15) is 4.39 Å². The molecule has 2 heterocycles. The van der Waals surface area contributed by atoms with E-state index < -0.39 is 0 Å². The van der Waals surface area contributed by atoms with Gasteiger partial charge in [0.1, 0.15) is 5.82 Å². The van der Waals surface area contributed by atoms with Gasteiger partial charge in [-0.25, -0.2) is 9.07 Å². The zero-order valence-corrected chi connectivity index (χ0v) is 17.6. The number of nitrogens with zero attached hydrogens (tertiary/aromatic N) is 3. The Hall–Kier alpha value is -2.66. The summed E-state index contributed by atoms with van der Waals surface area (Å²) in [5.74, 6) is 1.58. The first-order valence-electron chi connectivity index (χ1n) is 10.4. The molecule has 0 atom stereocenters. The Balaban J connectivity index is 1.29. The lowest BCUT2D eigenvalue weighted by Crippen LogP contribution is -2.19. The van der Waals surface area contributed by atoms with E-state index in [0.29, 0.717) is 16.9 Å². The molecule has 2 aromatic heterocycles. The molecular formula is C24H23ClFN3O. The number of halogens is 2. The van der Waals surface area contributed by atoms with Gasteiger partial charge in [0.15, 0.2) is 0 Å². The van der Waals surface area contributed by atoms with Gasteiger partial charge in [-0.3, -0.25) is 4.98 Å². The van der Waals surface area contributed by atoms with Gasteiger partial charge in [-0.05, 0) is 74.1 Å². The van der Waals surface area contributed by atoms with Crippen LogP contribution in [0.25, 0.3) is 21.8 Å². The lowest BCUT2D eigenvalue weighted by molar-refractivity contribution is 0.266. The van der Waals surface area contributed by atoms with Crippen molar-refractivity contribution in [2.75, 3.05) is 7.11 Å². The van der Waals surface area contributed by atoms with Crippen LogP contribution < -0.4 is 4.74 Å². The third-order valence-electron chi connectivity index (χ3n) is 6.22. The smallest absolute Gasteiger partial charge is 0.219 e. The summed E-state index contributed by atoms with van der Waals surface area (Å²) in [6, 6.07) is 14.5. The third-order valence-corrected chi connectivity index (χ3v) is 6.45. The minimum atomic E-state index is -0.221. The fraction of sp³-hybridized carbons (Fsp3) is 0.333. The van der Waals surface area contributed by atoms with E-state index in [1.807, 2.05) is 28.9 Å². The Bertz CT molecular complexity index is 1210. The molecule has 0 radical (unpaired) electrons. The monoisotopic (exact) mass is 423 g/mol. The highest BCUT2D eigenvalue weighted by atomic mass is 35.5. The molecule has 0 bridgehead atoms. The SMILES string of the molecule is COc1c2ccc(Cl)cc2nn1CC1CCC(c2ccc3cc(F)ccc3n2)CC1. The summed E-state index contributed by atoms with van der Waals surface area (Å²) in [5, 5.41) is 7.25. The Morgan fingerprint density at radius 2 is 1.87 bits per heavy atom. The molecule has 2 aromatic carbocycles. The lowest BCUT2D eigenvalue weighted by atomic mass is 9.80. The molecule has 154 valence electrons. The molecule has 0 aliphatic heterocycles. The minimum Gasteiger partial charge on any atom is -0.481 e. The maximum Gasteiger partial charge on any atom is 0.219 e. The lowest BCUT2D eigenvalue weighted by Gasteiger charge is -2.28. The molecule has 0 saturated heterocycles. The second kappa shape index (κ2) is 7.88. The molecule has 4 aromatic rings. The van der Waals surface area contributed by atoms with Crippen LogP contribution in [0.1, 0.15) is 37.3 Å². The van der Waals surface area contributed by atoms with Crippen molar-refractivity contribution in [1.29, 1.82) is 0 Å². The van der Waals surface area contributed by atoms with Crippen LogP contribution in [0.4, 0.5) is 4.39 Å². The Morgan fingerprint density at radius 3 is 2.67 bits per heavy atom. The van der Waals surface area contributed by atoms with E-state index in [1.165, 1.54) is 12.1 Å². The fourth-order valence-corrected chi connectivity index (χ4v) is 4.81. The number of benzene rings is 2. The quantitative estimate of drug-likeness (QED) is 0.383. The normalized spacial score (nSPS) is 19.4. The van der Waals surface area contributed by atoms with Crippen molar-refractivity contribution in [2.45, 2.75) is 38.1 Å². The van der Waals surface area contributed by atoms with Crippen LogP contribution in [-0.4, -0.2) is 21.9 Å². The first kappa shape index (κ1) is 19.3. The molecule has 0 amide bonds.